The summed E-state index contributed by atoms with van der Waals surface area (Å²) < 4.78 is 9.84. The molecule has 1 aromatic carbocycles. The Bertz CT molecular complexity index is 689. The summed E-state index contributed by atoms with van der Waals surface area (Å²) in [5, 5.41) is 4.26. The number of ether oxygens (including phenoxy) is 1. The van der Waals surface area contributed by atoms with Gasteiger partial charge in [0.2, 0.25) is 0 Å². The highest BCUT2D eigenvalue weighted by molar-refractivity contribution is 6.42. The second-order valence-electron chi connectivity index (χ2n) is 4.33. The molecule has 1 heterocycles. The van der Waals surface area contributed by atoms with Crippen LogP contribution in [0.2, 0.25) is 10.0 Å². The Hall–Kier alpha value is -1.85. The van der Waals surface area contributed by atoms with Crippen LogP contribution in [0.25, 0.3) is 0 Å². The fraction of sp³-hybridized carbons (Fsp3) is 0.214. The molecule has 0 N–H and O–H groups in total. The Kier molecular flexibility index (Phi) is 4.65. The van der Waals surface area contributed by atoms with Crippen molar-refractivity contribution in [3.63, 3.8) is 0 Å². The minimum Gasteiger partial charge on any atom is -0.454 e. The summed E-state index contributed by atoms with van der Waals surface area (Å²) in [6, 6.07) is 4.45. The van der Waals surface area contributed by atoms with Crippen LogP contribution in [-0.4, -0.2) is 23.5 Å². The van der Waals surface area contributed by atoms with Gasteiger partial charge in [-0.3, -0.25) is 4.79 Å². The molecule has 0 aliphatic rings. The number of aryl methyl sites for hydroxylation is 2. The first-order valence-electron chi connectivity index (χ1n) is 5.98. The molecule has 0 saturated heterocycles. The largest absolute Gasteiger partial charge is 0.454 e. The zero-order valence-corrected chi connectivity index (χ0v) is 12.8. The quantitative estimate of drug-likeness (QED) is 0.633. The van der Waals surface area contributed by atoms with Crippen LogP contribution in [-0.2, 0) is 4.74 Å². The lowest BCUT2D eigenvalue weighted by molar-refractivity contribution is 0.0472. The maximum Gasteiger partial charge on any atom is 0.344 e. The SMILES string of the molecule is Cc1noc(C)c1C(=O)OCC(=O)c1ccc(Cl)c(Cl)c1. The Morgan fingerprint density at radius 3 is 2.52 bits per heavy atom. The second-order valence-corrected chi connectivity index (χ2v) is 5.14. The molecule has 1 aromatic heterocycles. The molecule has 5 nitrogen and oxygen atoms in total. The van der Waals surface area contributed by atoms with E-state index >= 15 is 0 Å². The lowest BCUT2D eigenvalue weighted by Crippen LogP contribution is -2.15. The predicted octanol–water partition coefficient (Wildman–Crippen LogP) is 3.64. The summed E-state index contributed by atoms with van der Waals surface area (Å²) in [6.45, 7) is 2.81. The van der Waals surface area contributed by atoms with Crippen molar-refractivity contribution in [2.45, 2.75) is 13.8 Å². The average Bonchev–Trinajstić information content (AvgIpc) is 2.78. The Morgan fingerprint density at radius 1 is 1.24 bits per heavy atom. The number of hydrogen-bond acceptors (Lipinski definition) is 5. The molecule has 0 aliphatic heterocycles. The maximum absolute atomic E-state index is 11.9. The van der Waals surface area contributed by atoms with Gasteiger partial charge in [0.25, 0.3) is 0 Å². The molecule has 0 bridgehead atoms. The normalized spacial score (nSPS) is 10.5. The lowest BCUT2D eigenvalue weighted by Gasteiger charge is -2.05. The topological polar surface area (TPSA) is 69.4 Å². The van der Waals surface area contributed by atoms with E-state index in [1.54, 1.807) is 13.8 Å². The predicted molar refractivity (Wildman–Crippen MR) is 77.1 cm³/mol. The minimum atomic E-state index is -0.653. The third kappa shape index (κ3) is 3.43. The number of aromatic nitrogens is 1. The van der Waals surface area contributed by atoms with Crippen molar-refractivity contribution in [1.29, 1.82) is 0 Å². The Labute approximate surface area is 130 Å². The van der Waals surface area contributed by atoms with Gasteiger partial charge in [-0.25, -0.2) is 4.79 Å². The first-order chi connectivity index (χ1) is 9.90. The van der Waals surface area contributed by atoms with E-state index < -0.39 is 12.6 Å². The molecule has 2 aromatic rings. The number of benzene rings is 1. The van der Waals surface area contributed by atoms with Gasteiger partial charge in [0.15, 0.2) is 12.4 Å². The van der Waals surface area contributed by atoms with Crippen LogP contribution in [0.5, 0.6) is 0 Å². The van der Waals surface area contributed by atoms with E-state index in [1.807, 2.05) is 0 Å². The smallest absolute Gasteiger partial charge is 0.344 e. The van der Waals surface area contributed by atoms with E-state index in [9.17, 15) is 9.59 Å². The number of Topliss-reactive ketones (excluding diaryl/α,β-unsaturated/α-hetero) is 1. The van der Waals surface area contributed by atoms with Crippen molar-refractivity contribution in [2.24, 2.45) is 0 Å². The van der Waals surface area contributed by atoms with Gasteiger partial charge in [0.05, 0.1) is 15.7 Å². The molecule has 2 rings (SSSR count). The number of nitrogens with zero attached hydrogens (tertiary/aromatic N) is 1. The summed E-state index contributed by atoms with van der Waals surface area (Å²) >= 11 is 11.6. The van der Waals surface area contributed by atoms with Gasteiger partial charge < -0.3 is 9.26 Å². The average molecular weight is 328 g/mol. The first-order valence-corrected chi connectivity index (χ1v) is 6.74. The molecule has 0 atom stereocenters. The number of carbonyl (C=O) groups is 2. The molecule has 0 saturated carbocycles. The van der Waals surface area contributed by atoms with Gasteiger partial charge in [-0.1, -0.05) is 28.4 Å². The van der Waals surface area contributed by atoms with Crippen molar-refractivity contribution in [3.8, 4) is 0 Å². The van der Waals surface area contributed by atoms with Crippen molar-refractivity contribution < 1.29 is 18.8 Å². The molecular weight excluding hydrogens is 317 g/mol. The highest BCUT2D eigenvalue weighted by atomic mass is 35.5. The molecule has 0 radical (unpaired) electrons. The van der Waals surface area contributed by atoms with Crippen molar-refractivity contribution in [1.82, 2.24) is 5.16 Å². The lowest BCUT2D eigenvalue weighted by atomic mass is 10.1. The molecule has 110 valence electrons. The number of carbonyl (C=O) groups excluding carboxylic acids is 2. The van der Waals surface area contributed by atoms with Gasteiger partial charge in [-0.15, -0.1) is 0 Å². The molecule has 0 amide bonds. The van der Waals surface area contributed by atoms with Crippen LogP contribution in [0.3, 0.4) is 0 Å². The van der Waals surface area contributed by atoms with E-state index in [0.29, 0.717) is 22.0 Å². The van der Waals surface area contributed by atoms with Gasteiger partial charge in [-0.05, 0) is 32.0 Å². The second kappa shape index (κ2) is 6.28. The molecule has 21 heavy (non-hydrogen) atoms. The monoisotopic (exact) mass is 327 g/mol. The Morgan fingerprint density at radius 2 is 1.95 bits per heavy atom. The number of halogens is 2. The number of rotatable bonds is 4. The Balaban J connectivity index is 2.04. The zero-order chi connectivity index (χ0) is 15.6. The van der Waals surface area contributed by atoms with E-state index in [1.165, 1.54) is 18.2 Å². The number of hydrogen-bond donors (Lipinski definition) is 0. The maximum atomic E-state index is 11.9. The van der Waals surface area contributed by atoms with Crippen molar-refractivity contribution in [2.75, 3.05) is 6.61 Å². The molecule has 0 fully saturated rings. The first kappa shape index (κ1) is 15.5. The number of esters is 1. The van der Waals surface area contributed by atoms with Crippen LogP contribution in [0, 0.1) is 13.8 Å². The molecule has 0 spiro atoms. The van der Waals surface area contributed by atoms with Crippen LogP contribution in [0.15, 0.2) is 22.7 Å². The molecular formula is C14H11Cl2NO4. The van der Waals surface area contributed by atoms with Gasteiger partial charge in [-0.2, -0.15) is 0 Å². The van der Waals surface area contributed by atoms with Crippen LogP contribution in [0.4, 0.5) is 0 Å². The van der Waals surface area contributed by atoms with Gasteiger partial charge in [0, 0.05) is 5.56 Å². The van der Waals surface area contributed by atoms with E-state index in [0.717, 1.165) is 0 Å². The summed E-state index contributed by atoms with van der Waals surface area (Å²) in [5.41, 5.74) is 0.965. The third-order valence-corrected chi connectivity index (χ3v) is 3.55. The molecule has 0 unspecified atom stereocenters. The number of ketones is 1. The van der Waals surface area contributed by atoms with Crippen molar-refractivity contribution >= 4 is 35.0 Å². The van der Waals surface area contributed by atoms with Crippen molar-refractivity contribution in [3.05, 3.63) is 50.8 Å². The van der Waals surface area contributed by atoms with Gasteiger partial charge >= 0.3 is 5.97 Å². The zero-order valence-electron chi connectivity index (χ0n) is 11.3. The summed E-state index contributed by atoms with van der Waals surface area (Å²) in [5.74, 6) is -0.687. The summed E-state index contributed by atoms with van der Waals surface area (Å²) in [7, 11) is 0. The standard InChI is InChI=1S/C14H11Cl2NO4/c1-7-13(8(2)21-17-7)14(19)20-6-12(18)9-3-4-10(15)11(16)5-9/h3-5H,6H2,1-2H3. The molecule has 0 aliphatic carbocycles. The summed E-state index contributed by atoms with van der Waals surface area (Å²) in [4.78, 5) is 23.8. The fourth-order valence-electron chi connectivity index (χ4n) is 1.73. The third-order valence-electron chi connectivity index (χ3n) is 2.81. The van der Waals surface area contributed by atoms with Crippen LogP contribution >= 0.6 is 23.2 Å². The fourth-order valence-corrected chi connectivity index (χ4v) is 2.03. The minimum absolute atomic E-state index is 0.233. The highest BCUT2D eigenvalue weighted by Gasteiger charge is 2.20. The molecule has 7 heteroatoms. The van der Waals surface area contributed by atoms with E-state index in [4.69, 9.17) is 32.5 Å². The van der Waals surface area contributed by atoms with Crippen LogP contribution in [0.1, 0.15) is 32.2 Å². The van der Waals surface area contributed by atoms with E-state index in [-0.39, 0.29) is 16.4 Å². The van der Waals surface area contributed by atoms with E-state index in [2.05, 4.69) is 5.16 Å². The van der Waals surface area contributed by atoms with Gasteiger partial charge in [0.1, 0.15) is 11.3 Å². The summed E-state index contributed by atoms with van der Waals surface area (Å²) in [6.07, 6.45) is 0. The van der Waals surface area contributed by atoms with Crippen LogP contribution < -0.4 is 0 Å². The highest BCUT2D eigenvalue weighted by Crippen LogP contribution is 2.23.